The monoisotopic (exact) mass is 154 g/mol. The Balaban J connectivity index is 2.49. The minimum Gasteiger partial charge on any atom is -0.389 e. The van der Waals surface area contributed by atoms with Crippen molar-refractivity contribution in [1.82, 2.24) is 0 Å². The molecule has 0 aliphatic carbocycles. The van der Waals surface area contributed by atoms with Crippen molar-refractivity contribution in [3.8, 4) is 12.3 Å². The van der Waals surface area contributed by atoms with Gasteiger partial charge in [-0.25, -0.2) is 0 Å². The second kappa shape index (κ2) is 3.25. The van der Waals surface area contributed by atoms with Gasteiger partial charge in [0.25, 0.3) is 0 Å². The van der Waals surface area contributed by atoms with Crippen LogP contribution in [0.15, 0.2) is 0 Å². The molecule has 0 saturated carbocycles. The van der Waals surface area contributed by atoms with E-state index in [0.717, 1.165) is 13.0 Å². The van der Waals surface area contributed by atoms with Crippen LogP contribution in [-0.2, 0) is 4.74 Å². The molecule has 0 aromatic rings. The molecule has 1 saturated heterocycles. The van der Waals surface area contributed by atoms with Crippen molar-refractivity contribution in [3.63, 3.8) is 0 Å². The molecule has 2 heteroatoms. The first-order valence-electron chi connectivity index (χ1n) is 3.90. The van der Waals surface area contributed by atoms with Crippen LogP contribution in [0.5, 0.6) is 0 Å². The van der Waals surface area contributed by atoms with Crippen molar-refractivity contribution in [2.24, 2.45) is 5.92 Å². The van der Waals surface area contributed by atoms with Gasteiger partial charge in [0.2, 0.25) is 0 Å². The fraction of sp³-hybridized carbons (Fsp3) is 0.778. The summed E-state index contributed by atoms with van der Waals surface area (Å²) >= 11 is 0. The smallest absolute Gasteiger partial charge is 0.0779 e. The Morgan fingerprint density at radius 3 is 3.00 bits per heavy atom. The summed E-state index contributed by atoms with van der Waals surface area (Å²) in [6.45, 7) is 3.19. The third-order valence-electron chi connectivity index (χ3n) is 2.27. The van der Waals surface area contributed by atoms with Gasteiger partial charge in [-0.05, 0) is 13.3 Å². The molecule has 1 heterocycles. The van der Waals surface area contributed by atoms with Crippen molar-refractivity contribution in [1.29, 1.82) is 0 Å². The highest BCUT2D eigenvalue weighted by molar-refractivity contribution is 4.97. The Labute approximate surface area is 67.6 Å². The van der Waals surface area contributed by atoms with Crippen LogP contribution in [-0.4, -0.2) is 23.9 Å². The molecule has 1 aliphatic rings. The van der Waals surface area contributed by atoms with Gasteiger partial charge in [-0.1, -0.05) is 0 Å². The Morgan fingerprint density at radius 2 is 2.55 bits per heavy atom. The van der Waals surface area contributed by atoms with Gasteiger partial charge in [-0.15, -0.1) is 12.3 Å². The van der Waals surface area contributed by atoms with E-state index in [1.165, 1.54) is 0 Å². The highest BCUT2D eigenvalue weighted by Gasteiger charge is 2.33. The van der Waals surface area contributed by atoms with E-state index in [-0.39, 0.29) is 5.92 Å². The predicted molar refractivity (Wildman–Crippen MR) is 43.0 cm³/mol. The van der Waals surface area contributed by atoms with E-state index < -0.39 is 5.60 Å². The number of ether oxygens (including phenoxy) is 1. The van der Waals surface area contributed by atoms with Gasteiger partial charge in [0.15, 0.2) is 0 Å². The second-order valence-electron chi connectivity index (χ2n) is 3.30. The van der Waals surface area contributed by atoms with Gasteiger partial charge in [-0.2, -0.15) is 0 Å². The average Bonchev–Trinajstić information content (AvgIpc) is 2.37. The highest BCUT2D eigenvalue weighted by atomic mass is 16.5. The average molecular weight is 154 g/mol. The Hall–Kier alpha value is -0.520. The minimum absolute atomic E-state index is 0.221. The van der Waals surface area contributed by atoms with Crippen LogP contribution in [0.4, 0.5) is 0 Å². The van der Waals surface area contributed by atoms with Crippen LogP contribution in [0.1, 0.15) is 19.8 Å². The summed E-state index contributed by atoms with van der Waals surface area (Å²) < 4.78 is 5.16. The molecule has 2 nitrogen and oxygen atoms in total. The van der Waals surface area contributed by atoms with Gasteiger partial charge < -0.3 is 9.84 Å². The molecule has 0 bridgehead atoms. The van der Waals surface area contributed by atoms with Gasteiger partial charge in [0.05, 0.1) is 12.2 Å². The quantitative estimate of drug-likeness (QED) is 0.596. The molecular weight excluding hydrogens is 140 g/mol. The van der Waals surface area contributed by atoms with Crippen LogP contribution < -0.4 is 0 Å². The maximum Gasteiger partial charge on any atom is 0.0779 e. The fourth-order valence-electron chi connectivity index (χ4n) is 1.38. The lowest BCUT2D eigenvalue weighted by Crippen LogP contribution is -2.34. The lowest BCUT2D eigenvalue weighted by molar-refractivity contribution is -0.000336. The summed E-state index contributed by atoms with van der Waals surface area (Å²) in [4.78, 5) is 0. The molecule has 0 aromatic carbocycles. The minimum atomic E-state index is -0.731. The fourth-order valence-corrected chi connectivity index (χ4v) is 1.38. The number of aliphatic hydroxyl groups is 1. The molecule has 0 aromatic heterocycles. The topological polar surface area (TPSA) is 29.5 Å². The molecule has 1 aliphatic heterocycles. The van der Waals surface area contributed by atoms with Crippen LogP contribution in [0.2, 0.25) is 0 Å². The van der Waals surface area contributed by atoms with E-state index in [0.29, 0.717) is 13.0 Å². The molecule has 1 rings (SSSR count). The number of terminal acetylenes is 1. The maximum atomic E-state index is 9.79. The summed E-state index contributed by atoms with van der Waals surface area (Å²) in [6.07, 6.45) is 6.47. The van der Waals surface area contributed by atoms with E-state index in [9.17, 15) is 5.11 Å². The third kappa shape index (κ3) is 1.95. The zero-order chi connectivity index (χ0) is 8.32. The summed E-state index contributed by atoms with van der Waals surface area (Å²) in [5, 5.41) is 9.79. The molecule has 0 amide bonds. The largest absolute Gasteiger partial charge is 0.389 e. The van der Waals surface area contributed by atoms with E-state index in [1.807, 2.05) is 0 Å². The van der Waals surface area contributed by atoms with E-state index >= 15 is 0 Å². The number of rotatable bonds is 2. The normalized spacial score (nSPS) is 29.4. The Kier molecular flexibility index (Phi) is 2.53. The van der Waals surface area contributed by atoms with Crippen molar-refractivity contribution >= 4 is 0 Å². The first-order valence-corrected chi connectivity index (χ1v) is 3.90. The van der Waals surface area contributed by atoms with Crippen molar-refractivity contribution < 1.29 is 9.84 Å². The molecule has 0 spiro atoms. The maximum absolute atomic E-state index is 9.79. The summed E-state index contributed by atoms with van der Waals surface area (Å²) in [5.41, 5.74) is -0.731. The molecule has 2 unspecified atom stereocenters. The number of hydrogen-bond acceptors (Lipinski definition) is 2. The summed E-state index contributed by atoms with van der Waals surface area (Å²) in [6, 6.07) is 0. The first kappa shape index (κ1) is 8.58. The van der Waals surface area contributed by atoms with Crippen molar-refractivity contribution in [2.45, 2.75) is 25.4 Å². The molecule has 2 atom stereocenters. The van der Waals surface area contributed by atoms with E-state index in [1.54, 1.807) is 6.92 Å². The second-order valence-corrected chi connectivity index (χ2v) is 3.30. The first-order chi connectivity index (χ1) is 5.17. The van der Waals surface area contributed by atoms with Gasteiger partial charge in [0.1, 0.15) is 0 Å². The lowest BCUT2D eigenvalue weighted by atomic mass is 9.86. The predicted octanol–water partition coefficient (Wildman–Crippen LogP) is 0.797. The van der Waals surface area contributed by atoms with Crippen LogP contribution in [0, 0.1) is 18.3 Å². The van der Waals surface area contributed by atoms with Gasteiger partial charge in [0, 0.05) is 18.9 Å². The lowest BCUT2D eigenvalue weighted by Gasteiger charge is -2.26. The summed E-state index contributed by atoms with van der Waals surface area (Å²) in [5.74, 6) is 2.70. The van der Waals surface area contributed by atoms with E-state index in [4.69, 9.17) is 11.2 Å². The number of hydrogen-bond donors (Lipinski definition) is 1. The SMILES string of the molecule is C#CCC(C)(O)C1CCOC1. The summed E-state index contributed by atoms with van der Waals surface area (Å²) in [7, 11) is 0. The molecule has 11 heavy (non-hydrogen) atoms. The van der Waals surface area contributed by atoms with E-state index in [2.05, 4.69) is 5.92 Å². The molecule has 1 fully saturated rings. The zero-order valence-electron chi connectivity index (χ0n) is 6.84. The Morgan fingerprint density at radius 1 is 1.82 bits per heavy atom. The molecule has 1 N–H and O–H groups in total. The Bertz CT molecular complexity index is 161. The standard InChI is InChI=1S/C9H14O2/c1-3-5-9(2,10)8-4-6-11-7-8/h1,8,10H,4-7H2,2H3. The van der Waals surface area contributed by atoms with Crippen LogP contribution >= 0.6 is 0 Å². The molecule has 0 radical (unpaired) electrons. The molecular formula is C9H14O2. The molecule has 62 valence electrons. The van der Waals surface area contributed by atoms with Crippen molar-refractivity contribution in [2.75, 3.05) is 13.2 Å². The zero-order valence-corrected chi connectivity index (χ0v) is 6.84. The van der Waals surface area contributed by atoms with Crippen molar-refractivity contribution in [3.05, 3.63) is 0 Å². The van der Waals surface area contributed by atoms with Gasteiger partial charge >= 0.3 is 0 Å². The van der Waals surface area contributed by atoms with Crippen LogP contribution in [0.25, 0.3) is 0 Å². The third-order valence-corrected chi connectivity index (χ3v) is 2.27. The van der Waals surface area contributed by atoms with Gasteiger partial charge in [-0.3, -0.25) is 0 Å². The highest BCUT2D eigenvalue weighted by Crippen LogP contribution is 2.27. The van der Waals surface area contributed by atoms with Crippen LogP contribution in [0.3, 0.4) is 0 Å².